The van der Waals surface area contributed by atoms with Crippen molar-refractivity contribution in [1.29, 1.82) is 0 Å². The van der Waals surface area contributed by atoms with Crippen LogP contribution >= 0.6 is 0 Å². The summed E-state index contributed by atoms with van der Waals surface area (Å²) >= 11 is 0. The highest BCUT2D eigenvalue weighted by atomic mass is 16.7. The Kier molecular flexibility index (Phi) is 7.54. The molecule has 1 unspecified atom stereocenters. The van der Waals surface area contributed by atoms with Gasteiger partial charge in [-0.1, -0.05) is 18.0 Å². The zero-order chi connectivity index (χ0) is 22.6. The summed E-state index contributed by atoms with van der Waals surface area (Å²) in [7, 11) is 2.01. The van der Waals surface area contributed by atoms with Crippen LogP contribution < -0.4 is 5.32 Å². The molecule has 1 amide bonds. The summed E-state index contributed by atoms with van der Waals surface area (Å²) in [4.78, 5) is 15.3. The summed E-state index contributed by atoms with van der Waals surface area (Å²) in [5.41, 5.74) is 0.0278. The van der Waals surface area contributed by atoms with Crippen LogP contribution in [-0.2, 0) is 24.4 Å². The van der Waals surface area contributed by atoms with Crippen LogP contribution in [0, 0.1) is 0 Å². The monoisotopic (exact) mass is 449 g/mol. The van der Waals surface area contributed by atoms with Crippen LogP contribution in [0.1, 0.15) is 77.3 Å². The molecule has 0 aromatic carbocycles. The molecule has 3 fully saturated rings. The summed E-state index contributed by atoms with van der Waals surface area (Å²) in [5.74, 6) is 0.306. The Morgan fingerprint density at radius 2 is 1.94 bits per heavy atom. The number of carbonyl (C=O) groups is 1. The number of ether oxygens (including phenoxy) is 3. The lowest BCUT2D eigenvalue weighted by Gasteiger charge is -2.41. The molecule has 2 aliphatic heterocycles. The molecular weight excluding hydrogens is 410 g/mol. The molecule has 1 saturated carbocycles. The predicted octanol–water partition coefficient (Wildman–Crippen LogP) is 3.86. The van der Waals surface area contributed by atoms with Gasteiger partial charge in [-0.2, -0.15) is 0 Å². The van der Waals surface area contributed by atoms with Crippen LogP contribution in [0.15, 0.2) is 10.6 Å². The van der Waals surface area contributed by atoms with E-state index in [1.807, 2.05) is 27.0 Å². The molecule has 1 N–H and O–H groups in total. The van der Waals surface area contributed by atoms with Crippen LogP contribution in [0.5, 0.6) is 0 Å². The Labute approximate surface area is 191 Å². The largest absolute Gasteiger partial charge is 0.381 e. The van der Waals surface area contributed by atoms with Crippen molar-refractivity contribution in [3.63, 3.8) is 0 Å². The minimum absolute atomic E-state index is 0.0958. The van der Waals surface area contributed by atoms with Crippen molar-refractivity contribution in [3.05, 3.63) is 11.8 Å². The molecule has 8 nitrogen and oxygen atoms in total. The van der Waals surface area contributed by atoms with Gasteiger partial charge in [-0.3, -0.25) is 15.0 Å². The molecule has 4 rings (SSSR count). The number of aromatic nitrogens is 1. The fraction of sp³-hybridized carbons (Fsp3) is 0.833. The fourth-order valence-corrected chi connectivity index (χ4v) is 5.16. The molecule has 1 atom stereocenters. The molecule has 1 aromatic rings. The van der Waals surface area contributed by atoms with Gasteiger partial charge in [0.15, 0.2) is 6.29 Å². The molecule has 8 heteroatoms. The Morgan fingerprint density at radius 1 is 1.19 bits per heavy atom. The molecule has 2 saturated heterocycles. The van der Waals surface area contributed by atoms with Gasteiger partial charge < -0.3 is 18.7 Å². The molecule has 0 spiro atoms. The van der Waals surface area contributed by atoms with Crippen LogP contribution in [0.3, 0.4) is 0 Å². The first-order valence-electron chi connectivity index (χ1n) is 12.2. The quantitative estimate of drug-likeness (QED) is 0.645. The van der Waals surface area contributed by atoms with E-state index in [9.17, 15) is 4.79 Å². The Hall–Kier alpha value is -1.48. The van der Waals surface area contributed by atoms with Crippen LogP contribution in [0.2, 0.25) is 0 Å². The van der Waals surface area contributed by atoms with Gasteiger partial charge >= 0.3 is 0 Å². The molecule has 1 aromatic heterocycles. The van der Waals surface area contributed by atoms with E-state index in [2.05, 4.69) is 15.4 Å². The van der Waals surface area contributed by atoms with Gasteiger partial charge in [0.05, 0.1) is 17.8 Å². The number of anilines is 1. The number of likely N-dealkylation sites (N-methyl/N-ethyl adjacent to an activating group) is 1. The number of hydrogen-bond donors (Lipinski definition) is 1. The molecule has 1 aliphatic carbocycles. The Bertz CT molecular complexity index is 747. The number of carbonyl (C=O) groups excluding carboxylic acids is 1. The fourth-order valence-electron chi connectivity index (χ4n) is 5.16. The first-order valence-corrected chi connectivity index (χ1v) is 12.2. The Morgan fingerprint density at radius 3 is 2.62 bits per heavy atom. The minimum atomic E-state index is -0.679. The molecule has 3 aliphatic rings. The number of amides is 1. The third-order valence-electron chi connectivity index (χ3n) is 7.71. The van der Waals surface area contributed by atoms with E-state index in [1.165, 1.54) is 0 Å². The van der Waals surface area contributed by atoms with Gasteiger partial charge in [0.2, 0.25) is 11.8 Å². The third-order valence-corrected chi connectivity index (χ3v) is 7.71. The SMILES string of the molecule is CN(C1CCOCC1)C(C)(C)C(=O)Nc1cc(C2(COC3CCCCO3)CCCC2)no1. The smallest absolute Gasteiger partial charge is 0.246 e. The van der Waals surface area contributed by atoms with Crippen molar-refractivity contribution in [2.75, 3.05) is 38.8 Å². The second kappa shape index (κ2) is 10.2. The summed E-state index contributed by atoms with van der Waals surface area (Å²) in [6.45, 7) is 6.74. The molecule has 0 bridgehead atoms. The van der Waals surface area contributed by atoms with Gasteiger partial charge in [0.1, 0.15) is 0 Å². The van der Waals surface area contributed by atoms with Gasteiger partial charge in [-0.25, -0.2) is 0 Å². The van der Waals surface area contributed by atoms with Crippen molar-refractivity contribution in [3.8, 4) is 0 Å². The van der Waals surface area contributed by atoms with Gasteiger partial charge in [0, 0.05) is 37.3 Å². The summed E-state index contributed by atoms with van der Waals surface area (Å²) in [6.07, 6.45) is 9.28. The maximum atomic E-state index is 13.1. The Balaban J connectivity index is 1.39. The third kappa shape index (κ3) is 5.19. The van der Waals surface area contributed by atoms with E-state index in [0.717, 1.165) is 83.3 Å². The molecule has 0 radical (unpaired) electrons. The van der Waals surface area contributed by atoms with E-state index in [4.69, 9.17) is 18.7 Å². The zero-order valence-electron chi connectivity index (χ0n) is 19.9. The van der Waals surface area contributed by atoms with Crippen molar-refractivity contribution in [2.24, 2.45) is 0 Å². The second-order valence-corrected chi connectivity index (χ2v) is 10.1. The van der Waals surface area contributed by atoms with Crippen molar-refractivity contribution in [1.82, 2.24) is 10.1 Å². The normalized spacial score (nSPS) is 24.7. The van der Waals surface area contributed by atoms with Gasteiger partial charge in [-0.15, -0.1) is 0 Å². The standard InChI is InChI=1S/C24H39N3O5/c1-23(2,27(3)18-9-14-29-15-10-18)22(28)25-20-16-19(26-32-20)24(11-5-6-12-24)17-31-21-8-4-7-13-30-21/h16,18,21H,4-15,17H2,1-3H3,(H,25,28). The zero-order valence-corrected chi connectivity index (χ0v) is 19.9. The highest BCUT2D eigenvalue weighted by Gasteiger charge is 2.41. The van der Waals surface area contributed by atoms with Crippen molar-refractivity contribution >= 4 is 11.8 Å². The van der Waals surface area contributed by atoms with Gasteiger partial charge in [0.25, 0.3) is 0 Å². The minimum Gasteiger partial charge on any atom is -0.381 e. The number of nitrogens with zero attached hydrogens (tertiary/aromatic N) is 2. The first-order chi connectivity index (χ1) is 15.4. The lowest BCUT2D eigenvalue weighted by atomic mass is 9.83. The van der Waals surface area contributed by atoms with E-state index in [-0.39, 0.29) is 17.6 Å². The van der Waals surface area contributed by atoms with Crippen LogP contribution in [0.25, 0.3) is 0 Å². The molecular formula is C24H39N3O5. The number of rotatable bonds is 8. The van der Waals surface area contributed by atoms with Crippen LogP contribution in [0.4, 0.5) is 5.88 Å². The number of nitrogens with one attached hydrogen (secondary N) is 1. The lowest BCUT2D eigenvalue weighted by molar-refractivity contribution is -0.172. The topological polar surface area (TPSA) is 86.1 Å². The predicted molar refractivity (Wildman–Crippen MR) is 121 cm³/mol. The summed E-state index contributed by atoms with van der Waals surface area (Å²) in [6, 6.07) is 2.22. The molecule has 180 valence electrons. The highest BCUT2D eigenvalue weighted by Crippen LogP contribution is 2.42. The summed E-state index contributed by atoms with van der Waals surface area (Å²) in [5, 5.41) is 7.33. The second-order valence-electron chi connectivity index (χ2n) is 10.1. The van der Waals surface area contributed by atoms with E-state index < -0.39 is 5.54 Å². The van der Waals surface area contributed by atoms with E-state index in [0.29, 0.717) is 18.5 Å². The summed E-state index contributed by atoms with van der Waals surface area (Å²) < 4.78 is 23.0. The lowest BCUT2D eigenvalue weighted by Crippen LogP contribution is -2.55. The van der Waals surface area contributed by atoms with E-state index in [1.54, 1.807) is 0 Å². The maximum Gasteiger partial charge on any atom is 0.246 e. The average molecular weight is 450 g/mol. The van der Waals surface area contributed by atoms with E-state index >= 15 is 0 Å². The van der Waals surface area contributed by atoms with Crippen molar-refractivity contribution < 1.29 is 23.5 Å². The van der Waals surface area contributed by atoms with Crippen molar-refractivity contribution in [2.45, 2.75) is 94.9 Å². The van der Waals surface area contributed by atoms with Gasteiger partial charge in [-0.05, 0) is 65.8 Å². The average Bonchev–Trinajstić information content (AvgIpc) is 3.49. The first kappa shape index (κ1) is 23.7. The maximum absolute atomic E-state index is 13.1. The number of hydrogen-bond acceptors (Lipinski definition) is 7. The highest BCUT2D eigenvalue weighted by molar-refractivity contribution is 5.96. The molecule has 32 heavy (non-hydrogen) atoms. The van der Waals surface area contributed by atoms with Crippen LogP contribution in [-0.4, -0.2) is 67.3 Å². The molecule has 3 heterocycles.